The van der Waals surface area contributed by atoms with Gasteiger partial charge in [0.05, 0.1) is 21.5 Å². The van der Waals surface area contributed by atoms with Crippen molar-refractivity contribution >= 4 is 23.0 Å². The van der Waals surface area contributed by atoms with Crippen molar-refractivity contribution in [3.8, 4) is 0 Å². The zero-order valence-corrected chi connectivity index (χ0v) is 10.6. The van der Waals surface area contributed by atoms with Gasteiger partial charge in [-0.2, -0.15) is 0 Å². The third-order valence-corrected chi connectivity index (χ3v) is 2.29. The summed E-state index contributed by atoms with van der Waals surface area (Å²) in [5, 5.41) is 33.0. The Morgan fingerprint density at radius 1 is 1.25 bits per heavy atom. The van der Waals surface area contributed by atoms with Crippen LogP contribution in [0.15, 0.2) is 12.1 Å². The van der Waals surface area contributed by atoms with Gasteiger partial charge in [0, 0.05) is 12.1 Å². The van der Waals surface area contributed by atoms with Crippen LogP contribution in [0.4, 0.5) is 17.1 Å². The van der Waals surface area contributed by atoms with E-state index in [0.29, 0.717) is 0 Å². The molecule has 10 nitrogen and oxygen atoms in total. The van der Waals surface area contributed by atoms with Crippen LogP contribution in [0, 0.1) is 20.2 Å². The Kier molecular flexibility index (Phi) is 4.54. The number of nitro groups is 2. The smallest absolute Gasteiger partial charge is 0.300 e. The molecule has 0 aliphatic rings. The first kappa shape index (κ1) is 15.3. The molecular formula is C10H12N4O6. The fourth-order valence-corrected chi connectivity index (χ4v) is 1.54. The molecule has 0 saturated heterocycles. The van der Waals surface area contributed by atoms with Crippen LogP contribution in [0.3, 0.4) is 0 Å². The number of benzene rings is 1. The summed E-state index contributed by atoms with van der Waals surface area (Å²) in [6, 6.07) is 1.34. The summed E-state index contributed by atoms with van der Waals surface area (Å²) in [5.74, 6) is -1.08. The normalized spacial score (nSPS) is 10.2. The number of carbonyl (C=O) groups is 1. The van der Waals surface area contributed by atoms with E-state index in [1.165, 1.54) is 5.48 Å². The van der Waals surface area contributed by atoms with Crippen LogP contribution in [-0.4, -0.2) is 27.0 Å². The molecule has 0 unspecified atom stereocenters. The fraction of sp³-hybridized carbons (Fsp3) is 0.300. The molecule has 0 bridgehead atoms. The Labute approximate surface area is 112 Å². The molecule has 0 fully saturated rings. The van der Waals surface area contributed by atoms with E-state index in [1.54, 1.807) is 13.8 Å². The molecule has 1 aromatic rings. The fourth-order valence-electron chi connectivity index (χ4n) is 1.54. The lowest BCUT2D eigenvalue weighted by Gasteiger charge is -2.13. The first-order valence-corrected chi connectivity index (χ1v) is 5.45. The molecule has 1 rings (SSSR count). The first-order valence-electron chi connectivity index (χ1n) is 5.45. The maximum Gasteiger partial charge on any atom is 0.300 e. The van der Waals surface area contributed by atoms with Crippen molar-refractivity contribution in [3.05, 3.63) is 37.9 Å². The van der Waals surface area contributed by atoms with Crippen molar-refractivity contribution in [3.63, 3.8) is 0 Å². The number of hydrogen-bond donors (Lipinski definition) is 3. The van der Waals surface area contributed by atoms with Gasteiger partial charge in [0.15, 0.2) is 0 Å². The highest BCUT2D eigenvalue weighted by molar-refractivity contribution is 6.02. The summed E-state index contributed by atoms with van der Waals surface area (Å²) < 4.78 is 0. The second-order valence-corrected chi connectivity index (χ2v) is 4.14. The van der Waals surface area contributed by atoms with Crippen molar-refractivity contribution in [2.75, 3.05) is 5.32 Å². The number of hydrogen-bond acceptors (Lipinski definition) is 7. The highest BCUT2D eigenvalue weighted by Gasteiger charge is 2.27. The molecule has 0 saturated carbocycles. The highest BCUT2D eigenvalue weighted by atomic mass is 16.6. The van der Waals surface area contributed by atoms with Crippen molar-refractivity contribution in [1.29, 1.82) is 0 Å². The number of amides is 1. The maximum absolute atomic E-state index is 11.5. The van der Waals surface area contributed by atoms with Crippen molar-refractivity contribution in [2.45, 2.75) is 19.9 Å². The summed E-state index contributed by atoms with van der Waals surface area (Å²) in [6.07, 6.45) is 0. The average molecular weight is 284 g/mol. The number of nitro benzene ring substituents is 2. The van der Waals surface area contributed by atoms with Gasteiger partial charge in [0.25, 0.3) is 17.3 Å². The summed E-state index contributed by atoms with van der Waals surface area (Å²) in [7, 11) is 0. The van der Waals surface area contributed by atoms with E-state index < -0.39 is 27.1 Å². The van der Waals surface area contributed by atoms with Crippen LogP contribution in [-0.2, 0) is 0 Å². The van der Waals surface area contributed by atoms with Gasteiger partial charge in [-0.3, -0.25) is 30.2 Å². The van der Waals surface area contributed by atoms with Gasteiger partial charge in [-0.25, -0.2) is 5.48 Å². The molecule has 0 radical (unpaired) electrons. The summed E-state index contributed by atoms with van der Waals surface area (Å²) in [6.45, 7) is 3.34. The standard InChI is InChI=1S/C10H12N4O6/c1-5(2)11-9-7(10(15)12-16)3-6(13(17)18)4-8(9)14(19)20/h3-5,11,16H,1-2H3,(H,12,15). The zero-order chi connectivity index (χ0) is 15.4. The third-order valence-electron chi connectivity index (χ3n) is 2.29. The first-order chi connectivity index (χ1) is 9.27. The molecule has 1 amide bonds. The van der Waals surface area contributed by atoms with Gasteiger partial charge in [0.1, 0.15) is 5.69 Å². The van der Waals surface area contributed by atoms with Gasteiger partial charge in [-0.05, 0) is 13.8 Å². The van der Waals surface area contributed by atoms with Crippen LogP contribution in [0.2, 0.25) is 0 Å². The van der Waals surface area contributed by atoms with E-state index in [2.05, 4.69) is 5.32 Å². The second-order valence-electron chi connectivity index (χ2n) is 4.14. The molecule has 0 aromatic heterocycles. The van der Waals surface area contributed by atoms with Gasteiger partial charge in [-0.15, -0.1) is 0 Å². The number of carbonyl (C=O) groups excluding carboxylic acids is 1. The monoisotopic (exact) mass is 284 g/mol. The Balaban J connectivity index is 3.61. The largest absolute Gasteiger partial charge is 0.377 e. The maximum atomic E-state index is 11.5. The molecule has 0 aliphatic carbocycles. The molecule has 1 aromatic carbocycles. The SMILES string of the molecule is CC(C)Nc1c(C(=O)NO)cc([N+](=O)[O-])cc1[N+](=O)[O-]. The Morgan fingerprint density at radius 2 is 1.85 bits per heavy atom. The molecule has 3 N–H and O–H groups in total. The van der Waals surface area contributed by atoms with Gasteiger partial charge >= 0.3 is 0 Å². The number of hydroxylamine groups is 1. The summed E-state index contributed by atoms with van der Waals surface area (Å²) in [4.78, 5) is 31.5. The molecule has 0 aliphatic heterocycles. The predicted octanol–water partition coefficient (Wildman–Crippen LogP) is 1.44. The Bertz CT molecular complexity index is 571. The van der Waals surface area contributed by atoms with Crippen molar-refractivity contribution in [1.82, 2.24) is 5.48 Å². The Hall–Kier alpha value is -2.75. The molecule has 20 heavy (non-hydrogen) atoms. The van der Waals surface area contributed by atoms with Gasteiger partial charge < -0.3 is 5.32 Å². The van der Waals surface area contributed by atoms with E-state index >= 15 is 0 Å². The minimum absolute atomic E-state index is 0.192. The number of rotatable bonds is 5. The number of anilines is 1. The quantitative estimate of drug-likeness (QED) is 0.421. The summed E-state index contributed by atoms with van der Waals surface area (Å²) >= 11 is 0. The average Bonchev–Trinajstić information content (AvgIpc) is 2.36. The molecule has 108 valence electrons. The van der Waals surface area contributed by atoms with E-state index in [1.807, 2.05) is 0 Å². The minimum Gasteiger partial charge on any atom is -0.377 e. The van der Waals surface area contributed by atoms with Crippen LogP contribution in [0.25, 0.3) is 0 Å². The molecule has 0 heterocycles. The second kappa shape index (κ2) is 5.93. The Morgan fingerprint density at radius 3 is 2.25 bits per heavy atom. The predicted molar refractivity (Wildman–Crippen MR) is 67.8 cm³/mol. The lowest BCUT2D eigenvalue weighted by molar-refractivity contribution is -0.393. The van der Waals surface area contributed by atoms with E-state index in [9.17, 15) is 25.0 Å². The van der Waals surface area contributed by atoms with E-state index in [-0.39, 0.29) is 17.3 Å². The van der Waals surface area contributed by atoms with E-state index in [4.69, 9.17) is 5.21 Å². The zero-order valence-electron chi connectivity index (χ0n) is 10.6. The number of non-ortho nitro benzene ring substituents is 1. The molecule has 0 spiro atoms. The van der Waals surface area contributed by atoms with Crippen LogP contribution < -0.4 is 10.8 Å². The molecule has 0 atom stereocenters. The molecular weight excluding hydrogens is 272 g/mol. The number of nitrogens with one attached hydrogen (secondary N) is 2. The van der Waals surface area contributed by atoms with Crippen LogP contribution >= 0.6 is 0 Å². The van der Waals surface area contributed by atoms with Crippen molar-refractivity contribution in [2.24, 2.45) is 0 Å². The number of nitrogens with zero attached hydrogens (tertiary/aromatic N) is 2. The highest BCUT2D eigenvalue weighted by Crippen LogP contribution is 2.33. The lowest BCUT2D eigenvalue weighted by Crippen LogP contribution is -2.23. The molecule has 10 heteroatoms. The minimum atomic E-state index is -1.08. The third kappa shape index (κ3) is 3.17. The van der Waals surface area contributed by atoms with E-state index in [0.717, 1.165) is 12.1 Å². The van der Waals surface area contributed by atoms with Gasteiger partial charge in [0.2, 0.25) is 0 Å². The summed E-state index contributed by atoms with van der Waals surface area (Å²) in [5.41, 5.74) is -0.516. The van der Waals surface area contributed by atoms with Gasteiger partial charge in [-0.1, -0.05) is 0 Å². The van der Waals surface area contributed by atoms with Crippen LogP contribution in [0.5, 0.6) is 0 Å². The topological polar surface area (TPSA) is 148 Å². The lowest BCUT2D eigenvalue weighted by atomic mass is 10.1. The van der Waals surface area contributed by atoms with Crippen LogP contribution in [0.1, 0.15) is 24.2 Å². The van der Waals surface area contributed by atoms with Crippen molar-refractivity contribution < 1.29 is 19.8 Å².